The monoisotopic (exact) mass is 389 g/mol. The zero-order valence-electron chi connectivity index (χ0n) is 12.6. The van der Waals surface area contributed by atoms with Gasteiger partial charge in [0, 0.05) is 7.11 Å². The number of nitrogens with two attached hydrogens (primary N) is 1. The number of halogens is 1. The molecule has 1 aromatic heterocycles. The van der Waals surface area contributed by atoms with E-state index >= 15 is 0 Å². The van der Waals surface area contributed by atoms with E-state index in [4.69, 9.17) is 15.5 Å². The number of rotatable bonds is 3. The molecular formula is C15H24IN3O. The van der Waals surface area contributed by atoms with Gasteiger partial charge in [-0.1, -0.05) is 39.5 Å². The summed E-state index contributed by atoms with van der Waals surface area (Å²) >= 11 is 2.24. The van der Waals surface area contributed by atoms with Crippen LogP contribution in [-0.2, 0) is 10.3 Å². The van der Waals surface area contributed by atoms with E-state index in [1.807, 2.05) is 0 Å². The van der Waals surface area contributed by atoms with Crippen LogP contribution in [0.15, 0.2) is 0 Å². The first-order chi connectivity index (χ1) is 9.50. The van der Waals surface area contributed by atoms with Crippen molar-refractivity contribution in [1.29, 1.82) is 0 Å². The number of ether oxygens (including phenoxy) is 1. The molecule has 0 atom stereocenters. The quantitative estimate of drug-likeness (QED) is 0.628. The van der Waals surface area contributed by atoms with Crippen LogP contribution in [0.4, 0.5) is 5.82 Å². The van der Waals surface area contributed by atoms with Crippen molar-refractivity contribution in [2.45, 2.75) is 63.9 Å². The summed E-state index contributed by atoms with van der Waals surface area (Å²) in [5.41, 5.74) is 6.79. The molecule has 20 heavy (non-hydrogen) atoms. The summed E-state index contributed by atoms with van der Waals surface area (Å²) in [6.07, 6.45) is 6.84. The fraction of sp³-hybridized carbons (Fsp3) is 0.733. The second-order valence-corrected chi connectivity index (χ2v) is 6.98. The zero-order chi connectivity index (χ0) is 14.8. The van der Waals surface area contributed by atoms with Crippen LogP contribution in [0.1, 0.15) is 69.8 Å². The second-order valence-electron chi connectivity index (χ2n) is 5.90. The molecule has 0 saturated heterocycles. The minimum absolute atomic E-state index is 0.339. The minimum atomic E-state index is -0.349. The topological polar surface area (TPSA) is 61.0 Å². The van der Waals surface area contributed by atoms with E-state index in [9.17, 15) is 0 Å². The Morgan fingerprint density at radius 1 is 1.15 bits per heavy atom. The summed E-state index contributed by atoms with van der Waals surface area (Å²) in [6.45, 7) is 4.28. The summed E-state index contributed by atoms with van der Waals surface area (Å²) in [4.78, 5) is 9.38. The maximum atomic E-state index is 6.10. The van der Waals surface area contributed by atoms with E-state index in [0.29, 0.717) is 11.7 Å². The number of hydrogen-bond donors (Lipinski definition) is 1. The highest BCUT2D eigenvalue weighted by molar-refractivity contribution is 14.1. The third-order valence-corrected chi connectivity index (χ3v) is 5.26. The first-order valence-corrected chi connectivity index (χ1v) is 8.46. The van der Waals surface area contributed by atoms with E-state index in [-0.39, 0.29) is 5.60 Å². The van der Waals surface area contributed by atoms with Crippen LogP contribution >= 0.6 is 22.6 Å². The molecule has 0 bridgehead atoms. The lowest BCUT2D eigenvalue weighted by Gasteiger charge is -2.30. The van der Waals surface area contributed by atoms with Gasteiger partial charge in [0.1, 0.15) is 11.4 Å². The van der Waals surface area contributed by atoms with Gasteiger partial charge in [-0.3, -0.25) is 0 Å². The molecule has 5 heteroatoms. The lowest BCUT2D eigenvalue weighted by atomic mass is 9.92. The number of anilines is 1. The number of hydrogen-bond acceptors (Lipinski definition) is 4. The maximum Gasteiger partial charge on any atom is 0.162 e. The standard InChI is InChI=1S/C15H24IN3O/c1-10(2)12-11(16)13(17)19-14(18-12)15(20-3)8-6-4-5-7-9-15/h10H,4-9H2,1-3H3,(H2,17,18,19). The average Bonchev–Trinajstić information content (AvgIpc) is 2.67. The van der Waals surface area contributed by atoms with Gasteiger partial charge in [0.05, 0.1) is 9.26 Å². The number of aromatic nitrogens is 2. The Bertz CT molecular complexity index is 468. The maximum absolute atomic E-state index is 6.10. The highest BCUT2D eigenvalue weighted by Crippen LogP contribution is 2.38. The molecule has 0 spiro atoms. The van der Waals surface area contributed by atoms with Crippen LogP contribution in [0.25, 0.3) is 0 Å². The van der Waals surface area contributed by atoms with Gasteiger partial charge in [-0.25, -0.2) is 9.97 Å². The van der Waals surface area contributed by atoms with E-state index in [1.54, 1.807) is 7.11 Å². The molecule has 4 nitrogen and oxygen atoms in total. The van der Waals surface area contributed by atoms with Gasteiger partial charge in [0.2, 0.25) is 0 Å². The highest BCUT2D eigenvalue weighted by atomic mass is 127. The lowest BCUT2D eigenvalue weighted by molar-refractivity contribution is -0.0352. The smallest absolute Gasteiger partial charge is 0.162 e. The van der Waals surface area contributed by atoms with Gasteiger partial charge in [0.25, 0.3) is 0 Å². The van der Waals surface area contributed by atoms with Crippen molar-refractivity contribution in [1.82, 2.24) is 9.97 Å². The Balaban J connectivity index is 2.48. The molecule has 0 aliphatic heterocycles. The predicted molar refractivity (Wildman–Crippen MR) is 89.6 cm³/mol. The summed E-state index contributed by atoms with van der Waals surface area (Å²) in [6, 6.07) is 0. The molecular weight excluding hydrogens is 365 g/mol. The molecule has 1 heterocycles. The first kappa shape index (κ1) is 15.9. The van der Waals surface area contributed by atoms with Crippen molar-refractivity contribution in [3.8, 4) is 0 Å². The lowest BCUT2D eigenvalue weighted by Crippen LogP contribution is -2.31. The molecule has 0 unspecified atom stereocenters. The molecule has 0 aromatic carbocycles. The fourth-order valence-electron chi connectivity index (χ4n) is 2.89. The third-order valence-electron chi connectivity index (χ3n) is 4.16. The Hall–Kier alpha value is -0.430. The van der Waals surface area contributed by atoms with Crippen LogP contribution in [0, 0.1) is 3.57 Å². The third kappa shape index (κ3) is 3.08. The Morgan fingerprint density at radius 3 is 2.25 bits per heavy atom. The molecule has 1 fully saturated rings. The van der Waals surface area contributed by atoms with Gasteiger partial charge in [-0.05, 0) is 41.4 Å². The van der Waals surface area contributed by atoms with E-state index < -0.39 is 0 Å². The van der Waals surface area contributed by atoms with Crippen molar-refractivity contribution < 1.29 is 4.74 Å². The molecule has 1 aliphatic rings. The summed E-state index contributed by atoms with van der Waals surface area (Å²) < 4.78 is 6.86. The van der Waals surface area contributed by atoms with Crippen LogP contribution < -0.4 is 5.73 Å². The van der Waals surface area contributed by atoms with Gasteiger partial charge >= 0.3 is 0 Å². The molecule has 1 aliphatic carbocycles. The second kappa shape index (κ2) is 6.56. The summed E-state index contributed by atoms with van der Waals surface area (Å²) in [5.74, 6) is 1.70. The molecule has 2 rings (SSSR count). The Morgan fingerprint density at radius 2 is 1.75 bits per heavy atom. The average molecular weight is 389 g/mol. The highest BCUT2D eigenvalue weighted by Gasteiger charge is 2.36. The van der Waals surface area contributed by atoms with Crippen molar-refractivity contribution in [3.63, 3.8) is 0 Å². The van der Waals surface area contributed by atoms with Crippen molar-refractivity contribution in [3.05, 3.63) is 15.1 Å². The number of methoxy groups -OCH3 is 1. The molecule has 2 N–H and O–H groups in total. The van der Waals surface area contributed by atoms with Crippen LogP contribution in [0.3, 0.4) is 0 Å². The molecule has 112 valence electrons. The minimum Gasteiger partial charge on any atom is -0.383 e. The predicted octanol–water partition coefficient (Wildman–Crippen LogP) is 3.98. The molecule has 0 amide bonds. The molecule has 1 saturated carbocycles. The van der Waals surface area contributed by atoms with Crippen molar-refractivity contribution in [2.24, 2.45) is 0 Å². The largest absolute Gasteiger partial charge is 0.383 e. The van der Waals surface area contributed by atoms with E-state index in [1.165, 1.54) is 25.7 Å². The number of nitrogen functional groups attached to an aromatic ring is 1. The van der Waals surface area contributed by atoms with Gasteiger partial charge in [0.15, 0.2) is 5.82 Å². The van der Waals surface area contributed by atoms with Gasteiger partial charge < -0.3 is 10.5 Å². The molecule has 1 aromatic rings. The van der Waals surface area contributed by atoms with Crippen molar-refractivity contribution in [2.75, 3.05) is 12.8 Å². The Kier molecular flexibility index (Phi) is 5.23. The van der Waals surface area contributed by atoms with E-state index in [2.05, 4.69) is 41.4 Å². The van der Waals surface area contributed by atoms with Gasteiger partial charge in [-0.15, -0.1) is 0 Å². The SMILES string of the molecule is COC1(c2nc(N)c(I)c(C(C)C)n2)CCCCCC1. The fourth-order valence-corrected chi connectivity index (χ4v) is 3.75. The number of nitrogens with zero attached hydrogens (tertiary/aromatic N) is 2. The first-order valence-electron chi connectivity index (χ1n) is 7.38. The molecule has 0 radical (unpaired) electrons. The van der Waals surface area contributed by atoms with Crippen molar-refractivity contribution >= 4 is 28.4 Å². The summed E-state index contributed by atoms with van der Waals surface area (Å²) in [7, 11) is 1.78. The van der Waals surface area contributed by atoms with Gasteiger partial charge in [-0.2, -0.15) is 0 Å². The zero-order valence-corrected chi connectivity index (χ0v) is 14.7. The van der Waals surface area contributed by atoms with E-state index in [0.717, 1.165) is 27.9 Å². The van der Waals surface area contributed by atoms with Crippen LogP contribution in [0.2, 0.25) is 0 Å². The van der Waals surface area contributed by atoms with Crippen LogP contribution in [0.5, 0.6) is 0 Å². The summed E-state index contributed by atoms with van der Waals surface area (Å²) in [5, 5.41) is 0. The normalized spacial score (nSPS) is 19.1. The van der Waals surface area contributed by atoms with Crippen LogP contribution in [-0.4, -0.2) is 17.1 Å². The Labute approximate surface area is 135 Å².